The molecule has 0 aromatic carbocycles. The van der Waals surface area contributed by atoms with Crippen LogP contribution in [-0.4, -0.2) is 64.4 Å². The normalized spacial score (nSPS) is 24.5. The van der Waals surface area contributed by atoms with E-state index in [0.29, 0.717) is 6.54 Å². The van der Waals surface area contributed by atoms with E-state index in [1.54, 1.807) is 11.8 Å². The number of nitrogens with zero attached hydrogens (tertiary/aromatic N) is 1. The molecule has 1 aliphatic rings. The third-order valence-corrected chi connectivity index (χ3v) is 3.02. The molecule has 1 aliphatic heterocycles. The molecule has 1 fully saturated rings. The van der Waals surface area contributed by atoms with Crippen LogP contribution in [-0.2, 0) is 4.79 Å². The first-order chi connectivity index (χ1) is 7.56. The number of aliphatic hydroxyl groups excluding tert-OH is 1. The number of β-amino-alcohol motifs (C(OH)–C–C–N with tert-alkyl or cyclic N) is 1. The van der Waals surface area contributed by atoms with E-state index >= 15 is 0 Å². The van der Waals surface area contributed by atoms with Gasteiger partial charge in [0.2, 0.25) is 0 Å². The highest BCUT2D eigenvalue weighted by Gasteiger charge is 2.38. The SMILES string of the molecule is CSCCNC(=O)N1CC(O)C[C@H]1C(=O)O. The first-order valence-corrected chi connectivity index (χ1v) is 6.40. The lowest BCUT2D eigenvalue weighted by Crippen LogP contribution is -2.46. The second kappa shape index (κ2) is 5.95. The molecule has 0 aliphatic carbocycles. The lowest BCUT2D eigenvalue weighted by atomic mass is 10.2. The van der Waals surface area contributed by atoms with Gasteiger partial charge in [-0.05, 0) is 6.26 Å². The number of carbonyl (C=O) groups excluding carboxylic acids is 1. The van der Waals surface area contributed by atoms with Gasteiger partial charge in [0.1, 0.15) is 6.04 Å². The van der Waals surface area contributed by atoms with Gasteiger partial charge in [-0.15, -0.1) is 0 Å². The molecule has 6 nitrogen and oxygen atoms in total. The van der Waals surface area contributed by atoms with Gasteiger partial charge < -0.3 is 20.4 Å². The van der Waals surface area contributed by atoms with Gasteiger partial charge in [0, 0.05) is 25.3 Å². The molecule has 0 aromatic rings. The average molecular weight is 248 g/mol. The van der Waals surface area contributed by atoms with E-state index < -0.39 is 24.1 Å². The first-order valence-electron chi connectivity index (χ1n) is 5.00. The second-order valence-electron chi connectivity index (χ2n) is 3.62. The van der Waals surface area contributed by atoms with Gasteiger partial charge in [-0.3, -0.25) is 0 Å². The number of aliphatic carboxylic acids is 1. The maximum Gasteiger partial charge on any atom is 0.326 e. The predicted molar refractivity (Wildman–Crippen MR) is 60.5 cm³/mol. The van der Waals surface area contributed by atoms with Gasteiger partial charge in [0.05, 0.1) is 6.10 Å². The van der Waals surface area contributed by atoms with Crippen LogP contribution in [0.3, 0.4) is 0 Å². The van der Waals surface area contributed by atoms with Crippen molar-refractivity contribution in [3.63, 3.8) is 0 Å². The van der Waals surface area contributed by atoms with Crippen LogP contribution in [0.4, 0.5) is 4.79 Å². The molecule has 16 heavy (non-hydrogen) atoms. The third-order valence-electron chi connectivity index (χ3n) is 2.41. The van der Waals surface area contributed by atoms with Crippen LogP contribution in [0, 0.1) is 0 Å². The Morgan fingerprint density at radius 2 is 2.25 bits per heavy atom. The van der Waals surface area contributed by atoms with Crippen LogP contribution in [0.15, 0.2) is 0 Å². The van der Waals surface area contributed by atoms with E-state index in [1.165, 1.54) is 4.90 Å². The molecule has 3 N–H and O–H groups in total. The quantitative estimate of drug-likeness (QED) is 0.588. The first kappa shape index (κ1) is 13.1. The van der Waals surface area contributed by atoms with Gasteiger partial charge in [-0.25, -0.2) is 9.59 Å². The van der Waals surface area contributed by atoms with Gasteiger partial charge in [0.15, 0.2) is 0 Å². The van der Waals surface area contributed by atoms with E-state index in [-0.39, 0.29) is 13.0 Å². The molecule has 1 unspecified atom stereocenters. The van der Waals surface area contributed by atoms with Crippen molar-refractivity contribution in [1.82, 2.24) is 10.2 Å². The highest BCUT2D eigenvalue weighted by molar-refractivity contribution is 7.98. The number of rotatable bonds is 4. The Morgan fingerprint density at radius 1 is 1.56 bits per heavy atom. The van der Waals surface area contributed by atoms with Gasteiger partial charge in [-0.1, -0.05) is 0 Å². The topological polar surface area (TPSA) is 89.9 Å². The summed E-state index contributed by atoms with van der Waals surface area (Å²) in [6.45, 7) is 0.584. The van der Waals surface area contributed by atoms with Crippen LogP contribution in [0.25, 0.3) is 0 Å². The molecule has 0 aromatic heterocycles. The maximum absolute atomic E-state index is 11.6. The van der Waals surface area contributed by atoms with Crippen LogP contribution in [0.2, 0.25) is 0 Å². The summed E-state index contributed by atoms with van der Waals surface area (Å²) in [6.07, 6.45) is 1.28. The lowest BCUT2D eigenvalue weighted by Gasteiger charge is -2.21. The van der Waals surface area contributed by atoms with Crippen LogP contribution in [0.5, 0.6) is 0 Å². The number of carboxylic acids is 1. The fraction of sp³-hybridized carbons (Fsp3) is 0.778. The van der Waals surface area contributed by atoms with E-state index in [4.69, 9.17) is 5.11 Å². The number of thioether (sulfide) groups is 1. The van der Waals surface area contributed by atoms with E-state index in [1.807, 2.05) is 6.26 Å². The number of nitrogens with one attached hydrogen (secondary N) is 1. The molecule has 0 bridgehead atoms. The molecular formula is C9H16N2O4S. The maximum atomic E-state index is 11.6. The Kier molecular flexibility index (Phi) is 4.88. The largest absolute Gasteiger partial charge is 0.480 e. The summed E-state index contributed by atoms with van der Waals surface area (Å²) < 4.78 is 0. The summed E-state index contributed by atoms with van der Waals surface area (Å²) in [4.78, 5) is 23.6. The number of aliphatic hydroxyl groups is 1. The fourth-order valence-corrected chi connectivity index (χ4v) is 1.94. The minimum absolute atomic E-state index is 0.0854. The molecule has 1 heterocycles. The highest BCUT2D eigenvalue weighted by Crippen LogP contribution is 2.17. The number of carbonyl (C=O) groups is 2. The van der Waals surface area contributed by atoms with Crippen molar-refractivity contribution in [3.05, 3.63) is 0 Å². The zero-order valence-corrected chi connectivity index (χ0v) is 9.87. The van der Waals surface area contributed by atoms with Gasteiger partial charge in [0.25, 0.3) is 0 Å². The number of urea groups is 1. The van der Waals surface area contributed by atoms with Crippen molar-refractivity contribution in [2.75, 3.05) is 25.1 Å². The molecule has 2 atom stereocenters. The van der Waals surface area contributed by atoms with E-state index in [0.717, 1.165) is 5.75 Å². The summed E-state index contributed by atoms with van der Waals surface area (Å²) in [5, 5.41) is 20.9. The summed E-state index contributed by atoms with van der Waals surface area (Å²) in [5.41, 5.74) is 0. The Hall–Kier alpha value is -0.950. The molecule has 1 saturated heterocycles. The Morgan fingerprint density at radius 3 is 2.81 bits per heavy atom. The van der Waals surface area contributed by atoms with Crippen molar-refractivity contribution in [2.24, 2.45) is 0 Å². The minimum Gasteiger partial charge on any atom is -0.480 e. The number of hydrogen-bond acceptors (Lipinski definition) is 4. The minimum atomic E-state index is -1.07. The van der Waals surface area contributed by atoms with E-state index in [9.17, 15) is 14.7 Å². The van der Waals surface area contributed by atoms with Crippen LogP contribution < -0.4 is 5.32 Å². The van der Waals surface area contributed by atoms with Gasteiger partial charge >= 0.3 is 12.0 Å². The number of likely N-dealkylation sites (tertiary alicyclic amines) is 1. The van der Waals surface area contributed by atoms with Crippen molar-refractivity contribution >= 4 is 23.8 Å². The van der Waals surface area contributed by atoms with Crippen LogP contribution >= 0.6 is 11.8 Å². The van der Waals surface area contributed by atoms with Crippen molar-refractivity contribution in [3.8, 4) is 0 Å². The molecular weight excluding hydrogens is 232 g/mol. The van der Waals surface area contributed by atoms with Crippen molar-refractivity contribution in [1.29, 1.82) is 0 Å². The second-order valence-corrected chi connectivity index (χ2v) is 4.61. The predicted octanol–water partition coefficient (Wildman–Crippen LogP) is -0.421. The zero-order valence-electron chi connectivity index (χ0n) is 9.05. The molecule has 2 amide bonds. The average Bonchev–Trinajstić information content (AvgIpc) is 2.61. The lowest BCUT2D eigenvalue weighted by molar-refractivity contribution is -0.141. The molecule has 7 heteroatoms. The molecule has 0 spiro atoms. The molecule has 92 valence electrons. The Labute approximate surface area is 98.0 Å². The van der Waals surface area contributed by atoms with E-state index in [2.05, 4.69) is 5.32 Å². The smallest absolute Gasteiger partial charge is 0.326 e. The molecule has 0 radical (unpaired) electrons. The zero-order chi connectivity index (χ0) is 12.1. The standard InChI is InChI=1S/C9H16N2O4S/c1-16-3-2-10-9(15)11-5-6(12)4-7(11)8(13)14/h6-7,12H,2-5H2,1H3,(H,10,15)(H,13,14)/t6?,7-/m0/s1. The number of amides is 2. The highest BCUT2D eigenvalue weighted by atomic mass is 32.2. The number of hydrogen-bond donors (Lipinski definition) is 3. The van der Waals surface area contributed by atoms with Gasteiger partial charge in [-0.2, -0.15) is 11.8 Å². The van der Waals surface area contributed by atoms with Crippen molar-refractivity contribution in [2.45, 2.75) is 18.6 Å². The summed E-state index contributed by atoms with van der Waals surface area (Å²) in [6, 6.07) is -1.33. The number of carboxylic acid groups (broad SMARTS) is 1. The Balaban J connectivity index is 2.50. The molecule has 1 rings (SSSR count). The summed E-state index contributed by atoms with van der Waals surface area (Å²) >= 11 is 1.59. The fourth-order valence-electron chi connectivity index (χ4n) is 1.63. The monoisotopic (exact) mass is 248 g/mol. The summed E-state index contributed by atoms with van der Waals surface area (Å²) in [5.74, 6) is -0.295. The summed E-state index contributed by atoms with van der Waals surface area (Å²) in [7, 11) is 0. The molecule has 0 saturated carbocycles. The van der Waals surface area contributed by atoms with Crippen molar-refractivity contribution < 1.29 is 19.8 Å². The van der Waals surface area contributed by atoms with Crippen LogP contribution in [0.1, 0.15) is 6.42 Å². The third kappa shape index (κ3) is 3.28. The Bertz CT molecular complexity index is 274.